The summed E-state index contributed by atoms with van der Waals surface area (Å²) in [5.41, 5.74) is 0.667. The number of fused-ring (bicyclic) bond motifs is 1. The molecule has 1 N–H and O–H groups in total. The number of benzene rings is 2. The highest BCUT2D eigenvalue weighted by atomic mass is 16.5. The van der Waals surface area contributed by atoms with E-state index in [0.29, 0.717) is 33.7 Å². The van der Waals surface area contributed by atoms with Gasteiger partial charge >= 0.3 is 0 Å². The van der Waals surface area contributed by atoms with E-state index in [2.05, 4.69) is 4.98 Å². The van der Waals surface area contributed by atoms with E-state index >= 15 is 0 Å². The van der Waals surface area contributed by atoms with E-state index in [-0.39, 0.29) is 16.8 Å². The van der Waals surface area contributed by atoms with Crippen LogP contribution in [0.25, 0.3) is 10.9 Å². The molecule has 6 nitrogen and oxygen atoms in total. The second-order valence-corrected chi connectivity index (χ2v) is 5.34. The molecule has 0 aliphatic carbocycles. The number of carbonyl (C=O) groups excluding carboxylic acids is 1. The summed E-state index contributed by atoms with van der Waals surface area (Å²) in [6, 6.07) is 9.83. The Morgan fingerprint density at radius 3 is 2.16 bits per heavy atom. The molecule has 128 valence electrons. The van der Waals surface area contributed by atoms with E-state index in [4.69, 9.17) is 14.2 Å². The zero-order valence-electron chi connectivity index (χ0n) is 14.1. The molecule has 0 bridgehead atoms. The van der Waals surface area contributed by atoms with Gasteiger partial charge in [-0.15, -0.1) is 0 Å². The second-order valence-electron chi connectivity index (χ2n) is 5.34. The average molecular weight is 339 g/mol. The molecule has 0 radical (unpaired) electrons. The number of aromatic amines is 1. The van der Waals surface area contributed by atoms with Gasteiger partial charge in [0, 0.05) is 17.8 Å². The average Bonchev–Trinajstić information content (AvgIpc) is 2.67. The van der Waals surface area contributed by atoms with Crippen LogP contribution in [0, 0.1) is 0 Å². The van der Waals surface area contributed by atoms with Crippen LogP contribution in [0.2, 0.25) is 0 Å². The predicted octanol–water partition coefficient (Wildman–Crippen LogP) is 2.78. The summed E-state index contributed by atoms with van der Waals surface area (Å²) in [6.07, 6.45) is 1.42. The number of rotatable bonds is 5. The molecule has 25 heavy (non-hydrogen) atoms. The lowest BCUT2D eigenvalue weighted by Crippen LogP contribution is -2.17. The molecule has 0 saturated carbocycles. The fourth-order valence-electron chi connectivity index (χ4n) is 2.61. The fourth-order valence-corrected chi connectivity index (χ4v) is 2.61. The maximum Gasteiger partial charge on any atom is 0.200 e. The van der Waals surface area contributed by atoms with Crippen LogP contribution in [0.15, 0.2) is 47.4 Å². The minimum absolute atomic E-state index is 0.0601. The standard InChI is InChI=1S/C19H17NO5/c1-23-12-6-4-11(5-7-12)18(21)14-10-20-15-9-17(25-3)16(24-2)8-13(15)19(14)22/h4-10H,1-3H3,(H,20,22). The normalized spacial score (nSPS) is 10.5. The molecule has 2 aromatic carbocycles. The molecule has 0 aliphatic heterocycles. The summed E-state index contributed by atoms with van der Waals surface area (Å²) in [4.78, 5) is 28.4. The molecule has 6 heteroatoms. The molecule has 1 aromatic heterocycles. The van der Waals surface area contributed by atoms with Crippen LogP contribution >= 0.6 is 0 Å². The number of aromatic nitrogens is 1. The number of ether oxygens (including phenoxy) is 3. The third-order valence-electron chi connectivity index (χ3n) is 3.98. The molecule has 0 spiro atoms. The van der Waals surface area contributed by atoms with Gasteiger partial charge in [-0.3, -0.25) is 9.59 Å². The summed E-state index contributed by atoms with van der Waals surface area (Å²) in [5.74, 6) is 1.20. The summed E-state index contributed by atoms with van der Waals surface area (Å²) in [5, 5.41) is 0.358. The van der Waals surface area contributed by atoms with Crippen molar-refractivity contribution in [3.63, 3.8) is 0 Å². The Bertz CT molecular complexity index is 989. The third kappa shape index (κ3) is 2.94. The monoisotopic (exact) mass is 339 g/mol. The van der Waals surface area contributed by atoms with Gasteiger partial charge in [-0.05, 0) is 30.3 Å². The maximum absolute atomic E-state index is 12.8. The first-order valence-electron chi connectivity index (χ1n) is 7.55. The van der Waals surface area contributed by atoms with Crippen molar-refractivity contribution in [1.29, 1.82) is 0 Å². The third-order valence-corrected chi connectivity index (χ3v) is 3.98. The number of methoxy groups -OCH3 is 3. The largest absolute Gasteiger partial charge is 0.497 e. The van der Waals surface area contributed by atoms with Crippen LogP contribution in [0.1, 0.15) is 15.9 Å². The van der Waals surface area contributed by atoms with Crippen LogP contribution in [-0.2, 0) is 0 Å². The minimum Gasteiger partial charge on any atom is -0.497 e. The Labute approximate surface area is 144 Å². The Balaban J connectivity index is 2.11. The minimum atomic E-state index is -0.365. The van der Waals surface area contributed by atoms with Crippen molar-refractivity contribution < 1.29 is 19.0 Å². The summed E-state index contributed by atoms with van der Waals surface area (Å²) in [6.45, 7) is 0. The highest BCUT2D eigenvalue weighted by Crippen LogP contribution is 2.30. The maximum atomic E-state index is 12.8. The molecule has 0 fully saturated rings. The van der Waals surface area contributed by atoms with Gasteiger partial charge in [-0.2, -0.15) is 0 Å². The molecule has 0 aliphatic rings. The number of hydrogen-bond donors (Lipinski definition) is 1. The van der Waals surface area contributed by atoms with Gasteiger partial charge in [0.05, 0.1) is 37.8 Å². The van der Waals surface area contributed by atoms with Crippen LogP contribution < -0.4 is 19.6 Å². The number of H-pyrrole nitrogens is 1. The topological polar surface area (TPSA) is 77.6 Å². The summed E-state index contributed by atoms with van der Waals surface area (Å²) < 4.78 is 15.5. The number of carbonyl (C=O) groups is 1. The van der Waals surface area contributed by atoms with Gasteiger partial charge in [0.1, 0.15) is 5.75 Å². The number of nitrogens with one attached hydrogen (secondary N) is 1. The first-order chi connectivity index (χ1) is 12.1. The van der Waals surface area contributed by atoms with Crippen molar-refractivity contribution in [3.8, 4) is 17.2 Å². The van der Waals surface area contributed by atoms with Gasteiger partial charge in [-0.25, -0.2) is 0 Å². The Morgan fingerprint density at radius 2 is 1.56 bits per heavy atom. The van der Waals surface area contributed by atoms with Gasteiger partial charge in [0.25, 0.3) is 0 Å². The summed E-state index contributed by atoms with van der Waals surface area (Å²) in [7, 11) is 4.56. The molecule has 3 aromatic rings. The molecule has 1 heterocycles. The number of pyridine rings is 1. The van der Waals surface area contributed by atoms with Crippen molar-refractivity contribution in [2.24, 2.45) is 0 Å². The first-order valence-corrected chi connectivity index (χ1v) is 7.55. The van der Waals surface area contributed by atoms with E-state index in [1.807, 2.05) is 0 Å². The Kier molecular flexibility index (Phi) is 4.43. The molecule has 0 saturated heterocycles. The van der Waals surface area contributed by atoms with Crippen molar-refractivity contribution in [2.45, 2.75) is 0 Å². The van der Waals surface area contributed by atoms with E-state index in [1.54, 1.807) is 43.5 Å². The molecule has 0 atom stereocenters. The predicted molar refractivity (Wildman–Crippen MR) is 94.1 cm³/mol. The second kappa shape index (κ2) is 6.68. The molecular formula is C19H17NO5. The number of ketones is 1. The summed E-state index contributed by atoms with van der Waals surface area (Å²) >= 11 is 0. The van der Waals surface area contributed by atoms with Crippen LogP contribution in [0.3, 0.4) is 0 Å². The first kappa shape index (κ1) is 16.6. The smallest absolute Gasteiger partial charge is 0.200 e. The molecule has 0 unspecified atom stereocenters. The zero-order valence-corrected chi connectivity index (χ0v) is 14.1. The lowest BCUT2D eigenvalue weighted by atomic mass is 10.0. The number of hydrogen-bond acceptors (Lipinski definition) is 5. The van der Waals surface area contributed by atoms with Gasteiger partial charge in [0.2, 0.25) is 5.43 Å². The quantitative estimate of drug-likeness (QED) is 0.723. The highest BCUT2D eigenvalue weighted by molar-refractivity contribution is 6.10. The van der Waals surface area contributed by atoms with Crippen molar-refractivity contribution in [3.05, 3.63) is 63.9 Å². The fraction of sp³-hybridized carbons (Fsp3) is 0.158. The van der Waals surface area contributed by atoms with Crippen LogP contribution in [-0.4, -0.2) is 32.1 Å². The molecule has 3 rings (SSSR count). The van der Waals surface area contributed by atoms with Gasteiger partial charge < -0.3 is 19.2 Å². The van der Waals surface area contributed by atoms with E-state index in [9.17, 15) is 9.59 Å². The van der Waals surface area contributed by atoms with Gasteiger partial charge in [-0.1, -0.05) is 0 Å². The highest BCUT2D eigenvalue weighted by Gasteiger charge is 2.17. The van der Waals surface area contributed by atoms with Crippen molar-refractivity contribution in [1.82, 2.24) is 4.98 Å². The Hall–Kier alpha value is -3.28. The van der Waals surface area contributed by atoms with E-state index in [0.717, 1.165) is 0 Å². The van der Waals surface area contributed by atoms with Crippen molar-refractivity contribution >= 4 is 16.7 Å². The Morgan fingerprint density at radius 1 is 0.920 bits per heavy atom. The lowest BCUT2D eigenvalue weighted by Gasteiger charge is -2.10. The van der Waals surface area contributed by atoms with Crippen molar-refractivity contribution in [2.75, 3.05) is 21.3 Å². The SMILES string of the molecule is COc1ccc(C(=O)c2c[nH]c3cc(OC)c(OC)cc3c2=O)cc1. The zero-order chi connectivity index (χ0) is 18.0. The molecular weight excluding hydrogens is 322 g/mol. The van der Waals surface area contributed by atoms with Gasteiger partial charge in [0.15, 0.2) is 17.3 Å². The lowest BCUT2D eigenvalue weighted by molar-refractivity contribution is 0.103. The molecule has 0 amide bonds. The van der Waals surface area contributed by atoms with E-state index < -0.39 is 0 Å². The van der Waals surface area contributed by atoms with E-state index in [1.165, 1.54) is 20.4 Å². The van der Waals surface area contributed by atoms with Crippen LogP contribution in [0.4, 0.5) is 0 Å². The van der Waals surface area contributed by atoms with Crippen LogP contribution in [0.5, 0.6) is 17.2 Å².